The first-order valence-electron chi connectivity index (χ1n) is 24.6. The van der Waals surface area contributed by atoms with Gasteiger partial charge < -0.3 is 64.2 Å². The molecule has 0 spiro atoms. The lowest BCUT2D eigenvalue weighted by molar-refractivity contribution is -0.332. The molecule has 0 aromatic heterocycles. The van der Waals surface area contributed by atoms with Crippen LogP contribution < -0.4 is 0 Å². The fourth-order valence-corrected chi connectivity index (χ4v) is 7.59. The molecule has 0 aromatic rings. The molecule has 64 heavy (non-hydrogen) atoms. The summed E-state index contributed by atoms with van der Waals surface area (Å²) in [5.41, 5.74) is 0. The summed E-state index contributed by atoms with van der Waals surface area (Å²) in [6.07, 6.45) is 21.0. The molecule has 2 aliphatic heterocycles. The van der Waals surface area contributed by atoms with Gasteiger partial charge in [0.1, 0.15) is 55.4 Å². The number of esters is 2. The first-order chi connectivity index (χ1) is 31.0. The molecular weight excluding hydrogens is 829 g/mol. The smallest absolute Gasteiger partial charge is 0.331 e. The van der Waals surface area contributed by atoms with Gasteiger partial charge in [0, 0.05) is 12.5 Å². The van der Waals surface area contributed by atoms with Gasteiger partial charge in [0.05, 0.1) is 19.8 Å². The molecule has 0 saturated carbocycles. The summed E-state index contributed by atoms with van der Waals surface area (Å²) >= 11 is 0. The molecule has 2 saturated heterocycles. The van der Waals surface area contributed by atoms with Crippen LogP contribution in [0.3, 0.4) is 0 Å². The van der Waals surface area contributed by atoms with Crippen LogP contribution in [-0.4, -0.2) is 142 Å². The van der Waals surface area contributed by atoms with Crippen molar-refractivity contribution in [3.8, 4) is 0 Å². The molecule has 15 nitrogen and oxygen atoms in total. The van der Waals surface area contributed by atoms with Crippen molar-refractivity contribution in [2.45, 2.75) is 235 Å². The van der Waals surface area contributed by atoms with Gasteiger partial charge >= 0.3 is 11.9 Å². The zero-order chi connectivity index (χ0) is 46.8. The summed E-state index contributed by atoms with van der Waals surface area (Å²) in [5.74, 6) is -1.20. The van der Waals surface area contributed by atoms with E-state index in [0.717, 1.165) is 44.9 Å². The third-order valence-corrected chi connectivity index (χ3v) is 11.7. The van der Waals surface area contributed by atoms with E-state index in [4.69, 9.17) is 28.4 Å². The van der Waals surface area contributed by atoms with Crippen LogP contribution in [0.4, 0.5) is 0 Å². The summed E-state index contributed by atoms with van der Waals surface area (Å²) in [5, 5.41) is 71.9. The predicted molar refractivity (Wildman–Crippen MR) is 243 cm³/mol. The normalized spacial score (nSPS) is 26.9. The quantitative estimate of drug-likeness (QED) is 0.0122. The highest BCUT2D eigenvalue weighted by molar-refractivity contribution is 5.82. The van der Waals surface area contributed by atoms with Crippen LogP contribution in [0, 0.1) is 0 Å². The van der Waals surface area contributed by atoms with E-state index in [-0.39, 0.29) is 13.0 Å². The fourth-order valence-electron chi connectivity index (χ4n) is 7.59. The van der Waals surface area contributed by atoms with Gasteiger partial charge in [0.15, 0.2) is 18.7 Å². The lowest BCUT2D eigenvalue weighted by Gasteiger charge is -2.42. The lowest BCUT2D eigenvalue weighted by Crippen LogP contribution is -2.61. The van der Waals surface area contributed by atoms with E-state index in [1.807, 2.05) is 6.08 Å². The van der Waals surface area contributed by atoms with Crippen molar-refractivity contribution in [3.05, 3.63) is 36.5 Å². The Morgan fingerprint density at radius 3 is 1.55 bits per heavy atom. The zero-order valence-corrected chi connectivity index (χ0v) is 39.0. The maximum Gasteiger partial charge on any atom is 0.331 e. The van der Waals surface area contributed by atoms with E-state index >= 15 is 0 Å². The van der Waals surface area contributed by atoms with Crippen LogP contribution >= 0.6 is 0 Å². The highest BCUT2D eigenvalue weighted by Gasteiger charge is 2.47. The SMILES string of the molecule is CCCCCCCC/C=C/CCCCCC(=O)OC[C@H](CO[C@@H]1O[C@H](CO[C@@H]2O[C@H](CO)[C@H](O)C(O)C2O)[C@H](O)C(O)C1O)OC(=O)/C=C/C=C/CCCCCCCCCCCCC. The molecular formula is C49H86O15. The molecule has 0 radical (unpaired) electrons. The number of hydrogen-bond acceptors (Lipinski definition) is 15. The number of ether oxygens (including phenoxy) is 6. The minimum atomic E-state index is -1.78. The number of carbonyl (C=O) groups excluding carboxylic acids is 2. The Kier molecular flexibility index (Phi) is 33.3. The van der Waals surface area contributed by atoms with Crippen LogP contribution in [0.25, 0.3) is 0 Å². The molecule has 2 fully saturated rings. The molecule has 7 N–H and O–H groups in total. The first-order valence-corrected chi connectivity index (χ1v) is 24.6. The Morgan fingerprint density at radius 2 is 1.00 bits per heavy atom. The third kappa shape index (κ3) is 25.0. The summed E-state index contributed by atoms with van der Waals surface area (Å²) in [6.45, 7) is 2.44. The highest BCUT2D eigenvalue weighted by atomic mass is 16.7. The van der Waals surface area contributed by atoms with E-state index in [0.29, 0.717) is 6.42 Å². The van der Waals surface area contributed by atoms with E-state index in [1.165, 1.54) is 102 Å². The Bertz CT molecular complexity index is 1260. The maximum absolute atomic E-state index is 12.9. The molecule has 4 unspecified atom stereocenters. The van der Waals surface area contributed by atoms with Crippen LogP contribution in [0.5, 0.6) is 0 Å². The Labute approximate surface area is 383 Å². The molecule has 0 amide bonds. The van der Waals surface area contributed by atoms with Gasteiger partial charge in [-0.3, -0.25) is 4.79 Å². The van der Waals surface area contributed by atoms with E-state index < -0.39 is 99.3 Å². The number of carbonyl (C=O) groups is 2. The van der Waals surface area contributed by atoms with Gasteiger partial charge in [-0.1, -0.05) is 147 Å². The Hall–Kier alpha value is -2.28. The van der Waals surface area contributed by atoms with Gasteiger partial charge in [-0.15, -0.1) is 0 Å². The second-order valence-electron chi connectivity index (χ2n) is 17.4. The summed E-state index contributed by atoms with van der Waals surface area (Å²) in [6, 6.07) is 0. The van der Waals surface area contributed by atoms with Crippen molar-refractivity contribution in [3.63, 3.8) is 0 Å². The van der Waals surface area contributed by atoms with Crippen LogP contribution in [0.2, 0.25) is 0 Å². The van der Waals surface area contributed by atoms with Crippen LogP contribution in [0.1, 0.15) is 168 Å². The highest BCUT2D eigenvalue weighted by Crippen LogP contribution is 2.26. The molecule has 2 heterocycles. The average molecular weight is 915 g/mol. The van der Waals surface area contributed by atoms with Gasteiger partial charge in [0.2, 0.25) is 0 Å². The second kappa shape index (κ2) is 36.8. The van der Waals surface area contributed by atoms with Crippen LogP contribution in [0.15, 0.2) is 36.5 Å². The molecule has 0 aliphatic carbocycles. The molecule has 0 bridgehead atoms. The van der Waals surface area contributed by atoms with Crippen molar-refractivity contribution >= 4 is 11.9 Å². The lowest BCUT2D eigenvalue weighted by atomic mass is 9.98. The van der Waals surface area contributed by atoms with Crippen molar-refractivity contribution in [2.75, 3.05) is 26.4 Å². The second-order valence-corrected chi connectivity index (χ2v) is 17.4. The zero-order valence-electron chi connectivity index (χ0n) is 39.0. The number of allylic oxidation sites excluding steroid dienone is 5. The van der Waals surface area contributed by atoms with Crippen molar-refractivity contribution in [1.82, 2.24) is 0 Å². The molecule has 15 heteroatoms. The molecule has 2 rings (SSSR count). The van der Waals surface area contributed by atoms with Crippen molar-refractivity contribution in [1.29, 1.82) is 0 Å². The van der Waals surface area contributed by atoms with Crippen molar-refractivity contribution in [2.24, 2.45) is 0 Å². The van der Waals surface area contributed by atoms with Crippen LogP contribution in [-0.2, 0) is 38.0 Å². The van der Waals surface area contributed by atoms with E-state index in [2.05, 4.69) is 26.0 Å². The Morgan fingerprint density at radius 1 is 0.531 bits per heavy atom. The largest absolute Gasteiger partial charge is 0.462 e. The number of aliphatic hydroxyl groups is 7. The van der Waals surface area contributed by atoms with Gasteiger partial charge in [-0.2, -0.15) is 0 Å². The fraction of sp³-hybridized carbons (Fsp3) is 0.837. The molecule has 2 aliphatic rings. The summed E-state index contributed by atoms with van der Waals surface area (Å²) < 4.78 is 33.3. The topological polar surface area (TPSA) is 231 Å². The summed E-state index contributed by atoms with van der Waals surface area (Å²) in [4.78, 5) is 25.6. The number of unbranched alkanes of at least 4 members (excludes halogenated alkanes) is 20. The molecule has 372 valence electrons. The van der Waals surface area contributed by atoms with E-state index in [9.17, 15) is 45.3 Å². The minimum absolute atomic E-state index is 0.178. The van der Waals surface area contributed by atoms with Gasteiger partial charge in [-0.05, 0) is 44.9 Å². The minimum Gasteiger partial charge on any atom is -0.462 e. The Balaban J connectivity index is 1.87. The standard InChI is InChI=1S/C49H86O15/c1-3-5-7-9-11-13-15-17-18-20-22-24-26-28-30-32-41(52)62-37(34-59-40(51)31-29-27-25-23-21-19-16-14-12-10-8-6-4-2)35-60-48-47(58)45(56)43(54)39(64-48)36-61-49-46(57)44(55)42(53)38(33-50)63-49/h19,21,26,28,30,32,37-39,42-50,53-58H,3-18,20,22-25,27,29,31,33-36H2,1-2H3/b21-19+,28-26+,32-30+/t37-,38-,39-,42+,43+,44?,45?,46?,47?,48-,49-/m1/s1. The maximum atomic E-state index is 12.9. The summed E-state index contributed by atoms with van der Waals surface area (Å²) in [7, 11) is 0. The first kappa shape index (κ1) is 57.8. The predicted octanol–water partition coefficient (Wildman–Crippen LogP) is 6.15. The average Bonchev–Trinajstić information content (AvgIpc) is 3.29. The number of aliphatic hydroxyl groups excluding tert-OH is 7. The number of hydrogen-bond donors (Lipinski definition) is 7. The van der Waals surface area contributed by atoms with Gasteiger partial charge in [0.25, 0.3) is 0 Å². The third-order valence-electron chi connectivity index (χ3n) is 11.7. The van der Waals surface area contributed by atoms with E-state index in [1.54, 1.807) is 12.2 Å². The monoisotopic (exact) mass is 915 g/mol. The molecule has 0 aromatic carbocycles. The number of rotatable bonds is 37. The van der Waals surface area contributed by atoms with Crippen molar-refractivity contribution < 1.29 is 73.8 Å². The van der Waals surface area contributed by atoms with Gasteiger partial charge in [-0.25, -0.2) is 4.79 Å². The molecule has 11 atom stereocenters.